The molecule has 2 aromatic rings. The van der Waals surface area contributed by atoms with Gasteiger partial charge in [-0.2, -0.15) is 0 Å². The van der Waals surface area contributed by atoms with Crippen LogP contribution in [0.15, 0.2) is 60.7 Å². The van der Waals surface area contributed by atoms with Gasteiger partial charge in [0.05, 0.1) is 4.92 Å². The summed E-state index contributed by atoms with van der Waals surface area (Å²) in [6.45, 7) is -0.449. The molecule has 7 heteroatoms. The first-order valence-corrected chi connectivity index (χ1v) is 6.99. The molecule has 7 nitrogen and oxygen atoms in total. The number of hydrogen-bond donors (Lipinski definition) is 1. The van der Waals surface area contributed by atoms with Gasteiger partial charge in [0.15, 0.2) is 6.61 Å². The normalized spacial score (nSPS) is 10.3. The van der Waals surface area contributed by atoms with E-state index in [1.165, 1.54) is 30.3 Å². The van der Waals surface area contributed by atoms with Gasteiger partial charge in [-0.25, -0.2) is 4.79 Å². The lowest BCUT2D eigenvalue weighted by atomic mass is 10.2. The van der Waals surface area contributed by atoms with Gasteiger partial charge in [0.2, 0.25) is 0 Å². The summed E-state index contributed by atoms with van der Waals surface area (Å²) in [5, 5.41) is 13.0. The van der Waals surface area contributed by atoms with E-state index in [9.17, 15) is 19.7 Å². The highest BCUT2D eigenvalue weighted by Crippen LogP contribution is 2.15. The van der Waals surface area contributed by atoms with Gasteiger partial charge in [0.1, 0.15) is 0 Å². The van der Waals surface area contributed by atoms with Gasteiger partial charge in [-0.15, -0.1) is 0 Å². The predicted molar refractivity (Wildman–Crippen MR) is 88.2 cm³/mol. The van der Waals surface area contributed by atoms with Crippen molar-refractivity contribution >= 4 is 29.3 Å². The number of carbonyl (C=O) groups excluding carboxylic acids is 2. The molecule has 0 spiro atoms. The van der Waals surface area contributed by atoms with Crippen LogP contribution in [0.3, 0.4) is 0 Å². The van der Waals surface area contributed by atoms with Crippen LogP contribution < -0.4 is 5.32 Å². The number of nitrogens with zero attached hydrogens (tertiary/aromatic N) is 1. The van der Waals surface area contributed by atoms with Crippen molar-refractivity contribution < 1.29 is 19.2 Å². The number of nitro groups is 1. The Morgan fingerprint density at radius 3 is 2.38 bits per heavy atom. The second kappa shape index (κ2) is 8.23. The molecule has 0 radical (unpaired) electrons. The molecule has 0 saturated heterocycles. The molecule has 122 valence electrons. The third kappa shape index (κ3) is 5.38. The molecule has 2 aromatic carbocycles. The monoisotopic (exact) mass is 326 g/mol. The SMILES string of the molecule is O=C(COC(=O)/C=C/c1ccccc1)Nc1ccc([N+](=O)[O-])cc1. The molecule has 24 heavy (non-hydrogen) atoms. The molecule has 0 unspecified atom stereocenters. The average Bonchev–Trinajstić information content (AvgIpc) is 2.59. The Morgan fingerprint density at radius 2 is 1.75 bits per heavy atom. The minimum Gasteiger partial charge on any atom is -0.452 e. The molecule has 0 aliphatic rings. The lowest BCUT2D eigenvalue weighted by Gasteiger charge is -2.05. The lowest BCUT2D eigenvalue weighted by molar-refractivity contribution is -0.384. The van der Waals surface area contributed by atoms with Gasteiger partial charge < -0.3 is 10.1 Å². The number of amides is 1. The van der Waals surface area contributed by atoms with E-state index in [-0.39, 0.29) is 5.69 Å². The minimum atomic E-state index is -0.641. The second-order valence-electron chi connectivity index (χ2n) is 4.70. The highest BCUT2D eigenvalue weighted by molar-refractivity contribution is 5.94. The van der Waals surface area contributed by atoms with Crippen LogP contribution in [0.1, 0.15) is 5.56 Å². The fraction of sp³-hybridized carbons (Fsp3) is 0.0588. The fourth-order valence-corrected chi connectivity index (χ4v) is 1.78. The number of carbonyl (C=O) groups is 2. The Kier molecular flexibility index (Phi) is 5.79. The van der Waals surface area contributed by atoms with Crippen molar-refractivity contribution in [3.8, 4) is 0 Å². The number of hydrogen-bond acceptors (Lipinski definition) is 5. The van der Waals surface area contributed by atoms with Crippen molar-refractivity contribution in [3.05, 3.63) is 76.4 Å². The molecule has 0 bridgehead atoms. The van der Waals surface area contributed by atoms with Crippen molar-refractivity contribution in [1.82, 2.24) is 0 Å². The molecule has 0 fully saturated rings. The van der Waals surface area contributed by atoms with Crippen LogP contribution >= 0.6 is 0 Å². The van der Waals surface area contributed by atoms with E-state index in [0.29, 0.717) is 5.69 Å². The molecular weight excluding hydrogens is 312 g/mol. The number of non-ortho nitro benzene ring substituents is 1. The molecule has 0 atom stereocenters. The predicted octanol–water partition coefficient (Wildman–Crippen LogP) is 2.79. The first kappa shape index (κ1) is 16.9. The Morgan fingerprint density at radius 1 is 1.08 bits per heavy atom. The van der Waals surface area contributed by atoms with E-state index in [0.717, 1.165) is 5.56 Å². The number of anilines is 1. The van der Waals surface area contributed by atoms with Gasteiger partial charge in [-0.05, 0) is 23.8 Å². The highest BCUT2D eigenvalue weighted by atomic mass is 16.6. The fourth-order valence-electron chi connectivity index (χ4n) is 1.78. The smallest absolute Gasteiger partial charge is 0.331 e. The number of benzene rings is 2. The first-order valence-electron chi connectivity index (χ1n) is 6.99. The topological polar surface area (TPSA) is 98.5 Å². The molecular formula is C17H14N2O5. The zero-order valence-corrected chi connectivity index (χ0v) is 12.5. The zero-order chi connectivity index (χ0) is 17.4. The van der Waals surface area contributed by atoms with Crippen LogP contribution in [0, 0.1) is 10.1 Å². The standard InChI is InChI=1S/C17H14N2O5/c20-16(18-14-7-9-15(10-8-14)19(22)23)12-24-17(21)11-6-13-4-2-1-3-5-13/h1-11H,12H2,(H,18,20)/b11-6+. The molecule has 0 heterocycles. The number of esters is 1. The minimum absolute atomic E-state index is 0.0783. The largest absolute Gasteiger partial charge is 0.452 e. The van der Waals surface area contributed by atoms with Crippen molar-refractivity contribution in [2.45, 2.75) is 0 Å². The summed E-state index contributed by atoms with van der Waals surface area (Å²) in [6, 6.07) is 14.5. The maximum atomic E-state index is 11.7. The quantitative estimate of drug-likeness (QED) is 0.381. The van der Waals surface area contributed by atoms with Crippen LogP contribution in [0.25, 0.3) is 6.08 Å². The maximum Gasteiger partial charge on any atom is 0.331 e. The van der Waals surface area contributed by atoms with Crippen molar-refractivity contribution in [2.75, 3.05) is 11.9 Å². The van der Waals surface area contributed by atoms with Gasteiger partial charge >= 0.3 is 5.97 Å². The third-order valence-corrected chi connectivity index (χ3v) is 2.92. The molecule has 1 amide bonds. The Balaban J connectivity index is 1.79. The molecule has 2 rings (SSSR count). The summed E-state index contributed by atoms with van der Waals surface area (Å²) in [4.78, 5) is 33.2. The van der Waals surface area contributed by atoms with E-state index in [1.54, 1.807) is 6.08 Å². The molecule has 0 saturated carbocycles. The summed E-state index contributed by atoms with van der Waals surface area (Å²) in [6.07, 6.45) is 2.81. The van der Waals surface area contributed by atoms with Crippen LogP contribution in [0.2, 0.25) is 0 Å². The number of ether oxygens (including phenoxy) is 1. The van der Waals surface area contributed by atoms with Crippen molar-refractivity contribution in [1.29, 1.82) is 0 Å². The van der Waals surface area contributed by atoms with E-state index in [2.05, 4.69) is 5.32 Å². The molecule has 0 aliphatic carbocycles. The molecule has 0 aromatic heterocycles. The molecule has 1 N–H and O–H groups in total. The van der Waals surface area contributed by atoms with Crippen molar-refractivity contribution in [2.24, 2.45) is 0 Å². The van der Waals surface area contributed by atoms with Crippen LogP contribution in [0.4, 0.5) is 11.4 Å². The summed E-state index contributed by atoms with van der Waals surface area (Å²) in [5.74, 6) is -1.18. The molecule has 0 aliphatic heterocycles. The lowest BCUT2D eigenvalue weighted by Crippen LogP contribution is -2.20. The van der Waals surface area contributed by atoms with Gasteiger partial charge in [-0.3, -0.25) is 14.9 Å². The van der Waals surface area contributed by atoms with E-state index in [1.807, 2.05) is 30.3 Å². The van der Waals surface area contributed by atoms with Crippen LogP contribution in [-0.2, 0) is 14.3 Å². The van der Waals surface area contributed by atoms with E-state index in [4.69, 9.17) is 4.74 Å². The van der Waals surface area contributed by atoms with E-state index >= 15 is 0 Å². The second-order valence-corrected chi connectivity index (χ2v) is 4.70. The number of nitrogens with one attached hydrogen (secondary N) is 1. The van der Waals surface area contributed by atoms with Gasteiger partial charge in [-0.1, -0.05) is 30.3 Å². The maximum absolute atomic E-state index is 11.7. The van der Waals surface area contributed by atoms with Gasteiger partial charge in [0.25, 0.3) is 11.6 Å². The van der Waals surface area contributed by atoms with Crippen molar-refractivity contribution in [3.63, 3.8) is 0 Å². The highest BCUT2D eigenvalue weighted by Gasteiger charge is 2.08. The Hall–Kier alpha value is -3.48. The Labute approximate surface area is 137 Å². The van der Waals surface area contributed by atoms with Crippen LogP contribution in [0.5, 0.6) is 0 Å². The Bertz CT molecular complexity index is 754. The third-order valence-electron chi connectivity index (χ3n) is 2.92. The first-order chi connectivity index (χ1) is 11.5. The summed E-state index contributed by atoms with van der Waals surface area (Å²) in [7, 11) is 0. The summed E-state index contributed by atoms with van der Waals surface area (Å²) >= 11 is 0. The number of rotatable bonds is 6. The van der Waals surface area contributed by atoms with E-state index < -0.39 is 23.4 Å². The average molecular weight is 326 g/mol. The summed E-state index contributed by atoms with van der Waals surface area (Å²) in [5.41, 5.74) is 1.14. The number of nitro benzene ring substituents is 1. The van der Waals surface area contributed by atoms with Gasteiger partial charge in [0, 0.05) is 23.9 Å². The van der Waals surface area contributed by atoms with Crippen LogP contribution in [-0.4, -0.2) is 23.4 Å². The zero-order valence-electron chi connectivity index (χ0n) is 12.5. The summed E-state index contributed by atoms with van der Waals surface area (Å²) < 4.78 is 4.81.